The average molecular weight is 471 g/mol. The van der Waals surface area contributed by atoms with Crippen LogP contribution in [0.25, 0.3) is 5.57 Å². The molecule has 2 aliphatic carbocycles. The fourth-order valence-corrected chi connectivity index (χ4v) is 6.27. The lowest BCUT2D eigenvalue weighted by atomic mass is 9.77. The summed E-state index contributed by atoms with van der Waals surface area (Å²) in [6.07, 6.45) is 21.6. The molecule has 184 valence electrons. The number of ketones is 1. The Morgan fingerprint density at radius 3 is 2.54 bits per heavy atom. The second kappa shape index (κ2) is 9.74. The first-order chi connectivity index (χ1) is 16.9. The molecular weight excluding hydrogens is 432 g/mol. The Labute approximate surface area is 209 Å². The van der Waals surface area contributed by atoms with E-state index in [4.69, 9.17) is 11.4 Å². The van der Waals surface area contributed by atoms with Crippen molar-refractivity contribution in [2.75, 3.05) is 13.1 Å². The lowest BCUT2D eigenvalue weighted by Crippen LogP contribution is -2.47. The zero-order valence-corrected chi connectivity index (χ0v) is 21.3. The van der Waals surface area contributed by atoms with Crippen molar-refractivity contribution < 1.29 is 4.79 Å². The molecule has 5 heteroatoms. The summed E-state index contributed by atoms with van der Waals surface area (Å²) < 4.78 is 0. The van der Waals surface area contributed by atoms with E-state index in [-0.39, 0.29) is 17.7 Å². The maximum absolute atomic E-state index is 13.1. The third kappa shape index (κ3) is 4.86. The van der Waals surface area contributed by atoms with E-state index in [2.05, 4.69) is 52.8 Å². The van der Waals surface area contributed by atoms with Crippen LogP contribution in [-0.4, -0.2) is 38.7 Å². The predicted octanol–water partition coefficient (Wildman–Crippen LogP) is 6.06. The number of nitrogens with zero attached hydrogens (tertiary/aromatic N) is 3. The minimum atomic E-state index is -0.0503. The molecule has 3 aliphatic rings. The standard InChI is InChI=1S/C30H38N4O/c1-4-24-21-31-28(32-24)25(35)20-23-10-11-26(33-27(23)22-12-16-29(2,3)17-13-22)30(14-6-7-15-30)34-18-8-5-9-19-34/h1,10-12,21H,5-9,13-20H2,2-3H3,(H,31,32). The molecule has 0 atom stereocenters. The molecule has 0 spiro atoms. The number of nitrogens with one attached hydrogen (secondary N) is 1. The number of rotatable bonds is 6. The van der Waals surface area contributed by atoms with E-state index >= 15 is 0 Å². The van der Waals surface area contributed by atoms with Crippen molar-refractivity contribution in [3.63, 3.8) is 0 Å². The Kier molecular flexibility index (Phi) is 6.68. The van der Waals surface area contributed by atoms with Gasteiger partial charge in [-0.25, -0.2) is 4.98 Å². The van der Waals surface area contributed by atoms with Crippen LogP contribution in [0.1, 0.15) is 111 Å². The van der Waals surface area contributed by atoms with E-state index in [0.717, 1.165) is 30.5 Å². The number of carbonyl (C=O) groups is 1. The molecule has 0 unspecified atom stereocenters. The van der Waals surface area contributed by atoms with Crippen LogP contribution in [0.2, 0.25) is 0 Å². The molecule has 35 heavy (non-hydrogen) atoms. The molecule has 0 aromatic carbocycles. The molecule has 5 rings (SSSR count). The van der Waals surface area contributed by atoms with Crippen molar-refractivity contribution in [3.05, 3.63) is 52.9 Å². The van der Waals surface area contributed by atoms with Gasteiger partial charge in [0.15, 0.2) is 5.82 Å². The number of carbonyl (C=O) groups excluding carboxylic acids is 1. The Bertz CT molecular complexity index is 1150. The van der Waals surface area contributed by atoms with Crippen molar-refractivity contribution in [2.45, 2.75) is 90.0 Å². The number of allylic oxidation sites excluding steroid dienone is 2. The number of terminal acetylenes is 1. The molecule has 1 aliphatic heterocycles. The van der Waals surface area contributed by atoms with Crippen LogP contribution in [0.5, 0.6) is 0 Å². The van der Waals surface area contributed by atoms with Crippen LogP contribution in [0.3, 0.4) is 0 Å². The summed E-state index contributed by atoms with van der Waals surface area (Å²) in [7, 11) is 0. The normalized spacial score (nSPS) is 21.9. The number of aromatic nitrogens is 3. The first-order valence-corrected chi connectivity index (χ1v) is 13.4. The summed E-state index contributed by atoms with van der Waals surface area (Å²) in [6.45, 7) is 7.01. The van der Waals surface area contributed by atoms with Gasteiger partial charge in [-0.2, -0.15) is 0 Å². The summed E-state index contributed by atoms with van der Waals surface area (Å²) in [6, 6.07) is 4.39. The largest absolute Gasteiger partial charge is 0.329 e. The van der Waals surface area contributed by atoms with Gasteiger partial charge in [0.2, 0.25) is 5.78 Å². The topological polar surface area (TPSA) is 61.9 Å². The van der Waals surface area contributed by atoms with Gasteiger partial charge in [-0.1, -0.05) is 51.2 Å². The number of H-pyrrole nitrogens is 1. The van der Waals surface area contributed by atoms with Gasteiger partial charge in [0.25, 0.3) is 0 Å². The van der Waals surface area contributed by atoms with Gasteiger partial charge < -0.3 is 4.98 Å². The molecule has 2 aromatic heterocycles. The van der Waals surface area contributed by atoms with Crippen molar-refractivity contribution >= 4 is 11.4 Å². The molecule has 0 bridgehead atoms. The average Bonchev–Trinajstić information content (AvgIpc) is 3.56. The van der Waals surface area contributed by atoms with Gasteiger partial charge in [0, 0.05) is 6.42 Å². The molecular formula is C30H38N4O. The zero-order chi connectivity index (χ0) is 24.5. The smallest absolute Gasteiger partial charge is 0.202 e. The van der Waals surface area contributed by atoms with Crippen LogP contribution in [0.15, 0.2) is 24.4 Å². The van der Waals surface area contributed by atoms with Crippen molar-refractivity contribution in [3.8, 4) is 12.3 Å². The van der Waals surface area contributed by atoms with Crippen LogP contribution < -0.4 is 0 Å². The van der Waals surface area contributed by atoms with E-state index in [1.54, 1.807) is 6.20 Å². The Balaban J connectivity index is 1.52. The number of likely N-dealkylation sites (tertiary alicyclic amines) is 1. The lowest BCUT2D eigenvalue weighted by Gasteiger charge is -2.43. The number of pyridine rings is 1. The van der Waals surface area contributed by atoms with Gasteiger partial charge in [0.1, 0.15) is 5.69 Å². The summed E-state index contributed by atoms with van der Waals surface area (Å²) in [5.74, 6) is 2.79. The highest BCUT2D eigenvalue weighted by molar-refractivity contribution is 5.95. The van der Waals surface area contributed by atoms with Crippen LogP contribution >= 0.6 is 0 Å². The second-order valence-electron chi connectivity index (χ2n) is 11.5. The van der Waals surface area contributed by atoms with E-state index in [1.165, 1.54) is 69.3 Å². The molecule has 1 saturated carbocycles. The minimum absolute atomic E-state index is 0.0503. The molecule has 3 heterocycles. The Morgan fingerprint density at radius 1 is 1.11 bits per heavy atom. The third-order valence-corrected chi connectivity index (χ3v) is 8.47. The van der Waals surface area contributed by atoms with Gasteiger partial charge in [0.05, 0.1) is 23.1 Å². The van der Waals surface area contributed by atoms with Gasteiger partial charge >= 0.3 is 0 Å². The van der Waals surface area contributed by atoms with Gasteiger partial charge in [-0.3, -0.25) is 14.7 Å². The molecule has 1 N–H and O–H groups in total. The van der Waals surface area contributed by atoms with Crippen LogP contribution in [0.4, 0.5) is 0 Å². The summed E-state index contributed by atoms with van der Waals surface area (Å²) in [5, 5.41) is 0. The number of hydrogen-bond donors (Lipinski definition) is 1. The van der Waals surface area contributed by atoms with Crippen LogP contribution in [0, 0.1) is 17.8 Å². The summed E-state index contributed by atoms with van der Waals surface area (Å²) >= 11 is 0. The maximum atomic E-state index is 13.1. The number of piperidine rings is 1. The lowest BCUT2D eigenvalue weighted by molar-refractivity contribution is 0.0648. The molecule has 2 fully saturated rings. The fourth-order valence-electron chi connectivity index (χ4n) is 6.27. The molecule has 5 nitrogen and oxygen atoms in total. The molecule has 0 radical (unpaired) electrons. The predicted molar refractivity (Wildman–Crippen MR) is 140 cm³/mol. The second-order valence-corrected chi connectivity index (χ2v) is 11.5. The van der Waals surface area contributed by atoms with E-state index in [1.807, 2.05) is 0 Å². The van der Waals surface area contributed by atoms with E-state index < -0.39 is 0 Å². The van der Waals surface area contributed by atoms with Crippen molar-refractivity contribution in [2.24, 2.45) is 5.41 Å². The highest BCUT2D eigenvalue weighted by Gasteiger charge is 2.43. The van der Waals surface area contributed by atoms with E-state index in [9.17, 15) is 4.79 Å². The van der Waals surface area contributed by atoms with Gasteiger partial charge in [-0.05, 0) is 80.7 Å². The molecule has 0 amide bonds. The quantitative estimate of drug-likeness (QED) is 0.412. The Morgan fingerprint density at radius 2 is 1.89 bits per heavy atom. The number of aromatic amines is 1. The Hall–Kier alpha value is -2.71. The minimum Gasteiger partial charge on any atom is -0.329 e. The van der Waals surface area contributed by atoms with Crippen molar-refractivity contribution in [1.82, 2.24) is 19.9 Å². The maximum Gasteiger partial charge on any atom is 0.202 e. The third-order valence-electron chi connectivity index (χ3n) is 8.47. The van der Waals surface area contributed by atoms with Crippen LogP contribution in [-0.2, 0) is 12.0 Å². The monoisotopic (exact) mass is 470 g/mol. The first kappa shape index (κ1) is 24.0. The molecule has 1 saturated heterocycles. The highest BCUT2D eigenvalue weighted by atomic mass is 16.1. The zero-order valence-electron chi connectivity index (χ0n) is 21.3. The number of hydrogen-bond acceptors (Lipinski definition) is 4. The SMILES string of the molecule is C#Cc1cnc(C(=O)Cc2ccc(C3(N4CCCCC4)CCCC3)nc2C2=CCC(C)(C)CC2)[nH]1. The van der Waals surface area contributed by atoms with E-state index in [0.29, 0.717) is 16.9 Å². The fraction of sp³-hybridized carbons (Fsp3) is 0.567. The van der Waals surface area contributed by atoms with Crippen molar-refractivity contribution in [1.29, 1.82) is 0 Å². The first-order valence-electron chi connectivity index (χ1n) is 13.4. The number of imidazole rings is 1. The van der Waals surface area contributed by atoms with Gasteiger partial charge in [-0.15, -0.1) is 6.42 Å². The molecule has 2 aromatic rings. The summed E-state index contributed by atoms with van der Waals surface area (Å²) in [4.78, 5) is 28.4. The number of Topliss-reactive ketones (excluding diaryl/α,β-unsaturated/α-hetero) is 1. The highest BCUT2D eigenvalue weighted by Crippen LogP contribution is 2.45. The summed E-state index contributed by atoms with van der Waals surface area (Å²) in [5.41, 5.74) is 5.43.